The Morgan fingerprint density at radius 1 is 0.606 bits per heavy atom. The summed E-state index contributed by atoms with van der Waals surface area (Å²) in [5.41, 5.74) is 3.83. The molecular formula is C30H30O3. The van der Waals surface area contributed by atoms with E-state index in [0.717, 1.165) is 26.1 Å². The first kappa shape index (κ1) is 24.1. The second-order valence-corrected chi connectivity index (χ2v) is 7.63. The highest BCUT2D eigenvalue weighted by Crippen LogP contribution is 2.17. The van der Waals surface area contributed by atoms with E-state index >= 15 is 0 Å². The molecule has 3 nitrogen and oxygen atoms in total. The molecule has 0 spiro atoms. The van der Waals surface area contributed by atoms with Crippen LogP contribution in [-0.4, -0.2) is 24.1 Å². The molecule has 0 heterocycles. The van der Waals surface area contributed by atoms with Gasteiger partial charge in [-0.3, -0.25) is 4.79 Å². The average molecular weight is 439 g/mol. The molecule has 0 aromatic heterocycles. The Hall–Kier alpha value is -3.53. The SMILES string of the molecule is O=C(c1ccccc1)C(O)c1ccccc1.c1ccc(CCOCCc2ccccc2)cc1. The molecular weight excluding hydrogens is 408 g/mol. The lowest BCUT2D eigenvalue weighted by Crippen LogP contribution is -2.11. The molecule has 0 amide bonds. The van der Waals surface area contributed by atoms with Crippen LogP contribution in [0, 0.1) is 0 Å². The zero-order chi connectivity index (χ0) is 23.1. The van der Waals surface area contributed by atoms with Crippen LogP contribution in [0.25, 0.3) is 0 Å². The number of ether oxygens (including phenoxy) is 1. The van der Waals surface area contributed by atoms with Gasteiger partial charge in [0.15, 0.2) is 5.78 Å². The van der Waals surface area contributed by atoms with Gasteiger partial charge in [-0.1, -0.05) is 121 Å². The van der Waals surface area contributed by atoms with Gasteiger partial charge in [-0.05, 0) is 29.5 Å². The van der Waals surface area contributed by atoms with Gasteiger partial charge in [0.2, 0.25) is 0 Å². The molecule has 4 rings (SSSR count). The van der Waals surface area contributed by atoms with Crippen molar-refractivity contribution in [2.24, 2.45) is 0 Å². The molecule has 0 bridgehead atoms. The summed E-state index contributed by atoms with van der Waals surface area (Å²) in [4.78, 5) is 11.9. The second kappa shape index (κ2) is 13.8. The van der Waals surface area contributed by atoms with Crippen molar-refractivity contribution in [3.8, 4) is 0 Å². The van der Waals surface area contributed by atoms with Crippen LogP contribution in [0.15, 0.2) is 121 Å². The first-order valence-electron chi connectivity index (χ1n) is 11.2. The van der Waals surface area contributed by atoms with Crippen LogP contribution < -0.4 is 0 Å². The summed E-state index contributed by atoms with van der Waals surface area (Å²) < 4.78 is 5.64. The van der Waals surface area contributed by atoms with E-state index in [1.165, 1.54) is 11.1 Å². The van der Waals surface area contributed by atoms with Gasteiger partial charge in [0.25, 0.3) is 0 Å². The van der Waals surface area contributed by atoms with Gasteiger partial charge in [-0.25, -0.2) is 0 Å². The quantitative estimate of drug-likeness (QED) is 0.254. The van der Waals surface area contributed by atoms with Crippen LogP contribution in [0.3, 0.4) is 0 Å². The number of ketones is 1. The van der Waals surface area contributed by atoms with Crippen molar-refractivity contribution in [2.75, 3.05) is 13.2 Å². The van der Waals surface area contributed by atoms with Crippen molar-refractivity contribution >= 4 is 5.78 Å². The van der Waals surface area contributed by atoms with E-state index < -0.39 is 6.10 Å². The predicted octanol–water partition coefficient (Wildman–Crippen LogP) is 6.09. The molecule has 0 saturated carbocycles. The molecule has 0 saturated heterocycles. The minimum absolute atomic E-state index is 0.271. The van der Waals surface area contributed by atoms with Gasteiger partial charge in [0.1, 0.15) is 6.10 Å². The van der Waals surface area contributed by atoms with Crippen LogP contribution in [0.5, 0.6) is 0 Å². The number of rotatable bonds is 9. The lowest BCUT2D eigenvalue weighted by Gasteiger charge is -2.09. The molecule has 0 fully saturated rings. The summed E-state index contributed by atoms with van der Waals surface area (Å²) in [6.45, 7) is 1.60. The van der Waals surface area contributed by atoms with E-state index in [2.05, 4.69) is 48.5 Å². The summed E-state index contributed by atoms with van der Waals surface area (Å²) in [5, 5.41) is 9.89. The van der Waals surface area contributed by atoms with Crippen LogP contribution in [0.2, 0.25) is 0 Å². The number of hydrogen-bond donors (Lipinski definition) is 1. The summed E-state index contributed by atoms with van der Waals surface area (Å²) in [6.07, 6.45) is 0.911. The number of Topliss-reactive ketones (excluding diaryl/α,β-unsaturated/α-hetero) is 1. The van der Waals surface area contributed by atoms with Gasteiger partial charge in [0, 0.05) is 5.56 Å². The van der Waals surface area contributed by atoms with E-state index in [4.69, 9.17) is 4.74 Å². The molecule has 0 aliphatic rings. The molecule has 1 atom stereocenters. The molecule has 0 aliphatic heterocycles. The van der Waals surface area contributed by atoms with Crippen molar-refractivity contribution in [1.29, 1.82) is 0 Å². The molecule has 0 aliphatic carbocycles. The smallest absolute Gasteiger partial charge is 0.195 e. The van der Waals surface area contributed by atoms with Crippen molar-refractivity contribution in [1.82, 2.24) is 0 Å². The highest BCUT2D eigenvalue weighted by atomic mass is 16.5. The largest absolute Gasteiger partial charge is 0.381 e. The number of carbonyl (C=O) groups excluding carboxylic acids is 1. The Bertz CT molecular complexity index is 1010. The molecule has 33 heavy (non-hydrogen) atoms. The van der Waals surface area contributed by atoms with Gasteiger partial charge in [0.05, 0.1) is 13.2 Å². The summed E-state index contributed by atoms with van der Waals surface area (Å²) in [5.74, 6) is -0.271. The Morgan fingerprint density at radius 2 is 1.00 bits per heavy atom. The van der Waals surface area contributed by atoms with Crippen LogP contribution in [0.4, 0.5) is 0 Å². The molecule has 168 valence electrons. The predicted molar refractivity (Wildman–Crippen MR) is 133 cm³/mol. The average Bonchev–Trinajstić information content (AvgIpc) is 2.90. The molecule has 3 heteroatoms. The van der Waals surface area contributed by atoms with E-state index in [9.17, 15) is 9.90 Å². The highest BCUT2D eigenvalue weighted by molar-refractivity contribution is 5.99. The molecule has 1 unspecified atom stereocenters. The fraction of sp³-hybridized carbons (Fsp3) is 0.167. The summed E-state index contributed by atoms with van der Waals surface area (Å²) >= 11 is 0. The zero-order valence-electron chi connectivity index (χ0n) is 18.7. The topological polar surface area (TPSA) is 46.5 Å². The Balaban J connectivity index is 0.000000186. The normalized spacial score (nSPS) is 11.2. The Kier molecular flexibility index (Phi) is 10.1. The fourth-order valence-corrected chi connectivity index (χ4v) is 3.32. The third-order valence-corrected chi connectivity index (χ3v) is 5.18. The Morgan fingerprint density at radius 3 is 1.45 bits per heavy atom. The first-order valence-corrected chi connectivity index (χ1v) is 11.2. The molecule has 4 aromatic rings. The minimum atomic E-state index is -1.08. The maximum absolute atomic E-state index is 11.9. The van der Waals surface area contributed by atoms with E-state index in [1.807, 2.05) is 24.3 Å². The number of hydrogen-bond acceptors (Lipinski definition) is 3. The van der Waals surface area contributed by atoms with Gasteiger partial charge < -0.3 is 9.84 Å². The summed E-state index contributed by atoms with van der Waals surface area (Å²) in [7, 11) is 0. The van der Waals surface area contributed by atoms with Crippen molar-refractivity contribution in [3.63, 3.8) is 0 Å². The van der Waals surface area contributed by atoms with Crippen molar-refractivity contribution < 1.29 is 14.6 Å². The van der Waals surface area contributed by atoms with Crippen LogP contribution in [0.1, 0.15) is 33.2 Å². The first-order chi connectivity index (χ1) is 16.2. The third kappa shape index (κ3) is 8.49. The molecule has 0 radical (unpaired) electrons. The lowest BCUT2D eigenvalue weighted by molar-refractivity contribution is 0.0747. The number of aliphatic hydroxyl groups excluding tert-OH is 1. The number of carbonyl (C=O) groups is 1. The maximum Gasteiger partial charge on any atom is 0.195 e. The molecule has 1 N–H and O–H groups in total. The standard InChI is InChI=1S/C16H18O.C14H12O2/c1-3-7-15(8-4-1)11-13-17-14-12-16-9-5-2-6-10-16;15-13(11-7-3-1-4-8-11)14(16)12-9-5-2-6-10-12/h1-10H,11-14H2;1-10,13,15H. The minimum Gasteiger partial charge on any atom is -0.381 e. The van der Waals surface area contributed by atoms with Crippen molar-refractivity contribution in [2.45, 2.75) is 18.9 Å². The maximum atomic E-state index is 11.9. The molecule has 4 aromatic carbocycles. The van der Waals surface area contributed by atoms with E-state index in [-0.39, 0.29) is 5.78 Å². The highest BCUT2D eigenvalue weighted by Gasteiger charge is 2.18. The van der Waals surface area contributed by atoms with Gasteiger partial charge in [-0.15, -0.1) is 0 Å². The third-order valence-electron chi connectivity index (χ3n) is 5.18. The Labute approximate surface area is 196 Å². The monoisotopic (exact) mass is 438 g/mol. The van der Waals surface area contributed by atoms with Gasteiger partial charge in [-0.2, -0.15) is 0 Å². The van der Waals surface area contributed by atoms with Crippen LogP contribution >= 0.6 is 0 Å². The fourth-order valence-electron chi connectivity index (χ4n) is 3.32. The van der Waals surface area contributed by atoms with Crippen molar-refractivity contribution in [3.05, 3.63) is 144 Å². The number of benzene rings is 4. The number of aliphatic hydroxyl groups is 1. The second-order valence-electron chi connectivity index (χ2n) is 7.63. The van der Waals surface area contributed by atoms with Crippen LogP contribution in [-0.2, 0) is 17.6 Å². The lowest BCUT2D eigenvalue weighted by atomic mass is 10.0. The zero-order valence-corrected chi connectivity index (χ0v) is 18.7. The van der Waals surface area contributed by atoms with E-state index in [1.54, 1.807) is 48.5 Å². The van der Waals surface area contributed by atoms with E-state index in [0.29, 0.717) is 11.1 Å². The summed E-state index contributed by atoms with van der Waals surface area (Å²) in [6, 6.07) is 38.7. The van der Waals surface area contributed by atoms with Gasteiger partial charge >= 0.3 is 0 Å².